The van der Waals surface area contributed by atoms with Crippen LogP contribution in [0, 0.1) is 0 Å². The van der Waals surface area contributed by atoms with Crippen molar-refractivity contribution < 1.29 is 18.0 Å². The molecule has 3 fully saturated rings. The van der Waals surface area contributed by atoms with Gasteiger partial charge in [0.25, 0.3) is 0 Å². The third kappa shape index (κ3) is 6.37. The molecule has 0 aromatic heterocycles. The number of piperidine rings is 2. The molecule has 3 heterocycles. The Bertz CT molecular complexity index is 930. The Morgan fingerprint density at radius 3 is 1.85 bits per heavy atom. The average molecular weight is 491 g/mol. The van der Waals surface area contributed by atoms with Gasteiger partial charge in [0, 0.05) is 58.8 Å². The van der Waals surface area contributed by atoms with Crippen molar-refractivity contribution in [1.82, 2.24) is 19.0 Å². The number of hydrogen-bond donors (Lipinski definition) is 0. The lowest BCUT2D eigenvalue weighted by Crippen LogP contribution is -2.52. The molecule has 0 N–H and O–H groups in total. The van der Waals surface area contributed by atoms with Crippen LogP contribution in [-0.4, -0.2) is 98.1 Å². The summed E-state index contributed by atoms with van der Waals surface area (Å²) in [5.41, 5.74) is 0.969. The highest BCUT2D eigenvalue weighted by atomic mass is 32.2. The fourth-order valence-electron chi connectivity index (χ4n) is 5.08. The first-order valence-corrected chi connectivity index (χ1v) is 14.2. The third-order valence-electron chi connectivity index (χ3n) is 7.30. The maximum atomic E-state index is 12.8. The van der Waals surface area contributed by atoms with Crippen LogP contribution >= 0.6 is 0 Å². The van der Waals surface area contributed by atoms with Gasteiger partial charge in [0.2, 0.25) is 21.8 Å². The van der Waals surface area contributed by atoms with E-state index in [1.807, 2.05) is 21.9 Å². The molecule has 1 aromatic carbocycles. The van der Waals surface area contributed by atoms with Crippen molar-refractivity contribution in [1.29, 1.82) is 0 Å². The van der Waals surface area contributed by atoms with Gasteiger partial charge < -0.3 is 9.80 Å². The smallest absolute Gasteiger partial charge is 0.243 e. The Morgan fingerprint density at radius 2 is 1.24 bits per heavy atom. The molecule has 0 spiro atoms. The van der Waals surface area contributed by atoms with Crippen molar-refractivity contribution in [2.24, 2.45) is 0 Å². The van der Waals surface area contributed by atoms with Gasteiger partial charge in [-0.3, -0.25) is 14.5 Å². The molecule has 0 saturated carbocycles. The molecular formula is C25H38N4O4S. The summed E-state index contributed by atoms with van der Waals surface area (Å²) in [6.07, 6.45) is 7.35. The maximum absolute atomic E-state index is 12.8. The third-order valence-corrected chi connectivity index (χ3v) is 9.21. The number of amides is 2. The minimum absolute atomic E-state index is 0.118. The molecule has 0 radical (unpaired) electrons. The largest absolute Gasteiger partial charge is 0.342 e. The number of carbonyl (C=O) groups excluding carboxylic acids is 2. The van der Waals surface area contributed by atoms with Gasteiger partial charge in [-0.05, 0) is 56.2 Å². The molecule has 0 atom stereocenters. The maximum Gasteiger partial charge on any atom is 0.243 e. The highest BCUT2D eigenvalue weighted by Crippen LogP contribution is 2.21. The zero-order chi connectivity index (χ0) is 24.0. The summed E-state index contributed by atoms with van der Waals surface area (Å²) in [5, 5.41) is 0. The van der Waals surface area contributed by atoms with Crippen molar-refractivity contribution in [3.63, 3.8) is 0 Å². The van der Waals surface area contributed by atoms with E-state index in [4.69, 9.17) is 0 Å². The van der Waals surface area contributed by atoms with E-state index in [0.29, 0.717) is 50.5 Å². The predicted molar refractivity (Wildman–Crippen MR) is 131 cm³/mol. The highest BCUT2D eigenvalue weighted by molar-refractivity contribution is 7.89. The lowest BCUT2D eigenvalue weighted by atomic mass is 10.1. The highest BCUT2D eigenvalue weighted by Gasteiger charge is 2.26. The van der Waals surface area contributed by atoms with E-state index < -0.39 is 10.0 Å². The van der Waals surface area contributed by atoms with Crippen molar-refractivity contribution in [3.8, 4) is 0 Å². The molecule has 188 valence electrons. The second-order valence-electron chi connectivity index (χ2n) is 9.71. The van der Waals surface area contributed by atoms with Gasteiger partial charge in [-0.1, -0.05) is 18.6 Å². The molecule has 34 heavy (non-hydrogen) atoms. The molecule has 3 aliphatic rings. The zero-order valence-electron chi connectivity index (χ0n) is 20.2. The normalized spacial score (nSPS) is 20.9. The standard InChI is InChI=1S/C25H38N4O4S/c30-24(28-19-17-26(18-20-28)21-25(31)27-13-3-1-4-14-27)12-9-22-7-10-23(11-8-22)34(32,33)29-15-5-2-6-16-29/h7-8,10-11H,1-6,9,12-21H2. The SMILES string of the molecule is O=C(CCc1ccc(S(=O)(=O)N2CCCCC2)cc1)N1CCN(CC(=O)N2CCCCC2)CC1. The summed E-state index contributed by atoms with van der Waals surface area (Å²) >= 11 is 0. The van der Waals surface area contributed by atoms with Crippen LogP contribution in [0.5, 0.6) is 0 Å². The fourth-order valence-corrected chi connectivity index (χ4v) is 6.60. The number of rotatable bonds is 7. The van der Waals surface area contributed by atoms with Gasteiger partial charge in [0.1, 0.15) is 0 Å². The van der Waals surface area contributed by atoms with E-state index in [2.05, 4.69) is 4.90 Å². The van der Waals surface area contributed by atoms with Gasteiger partial charge in [-0.25, -0.2) is 8.42 Å². The minimum Gasteiger partial charge on any atom is -0.342 e. The first-order chi connectivity index (χ1) is 16.4. The summed E-state index contributed by atoms with van der Waals surface area (Å²) < 4.78 is 27.2. The molecule has 3 aliphatic heterocycles. The van der Waals surface area contributed by atoms with Crippen molar-refractivity contribution in [2.75, 3.05) is 58.9 Å². The summed E-state index contributed by atoms with van der Waals surface area (Å²) in [7, 11) is -3.42. The summed E-state index contributed by atoms with van der Waals surface area (Å²) in [6.45, 7) is 6.16. The number of carbonyl (C=O) groups is 2. The van der Waals surface area contributed by atoms with Crippen LogP contribution in [-0.2, 0) is 26.0 Å². The van der Waals surface area contributed by atoms with Crippen LogP contribution in [0.2, 0.25) is 0 Å². The van der Waals surface area contributed by atoms with E-state index in [9.17, 15) is 18.0 Å². The van der Waals surface area contributed by atoms with Crippen molar-refractivity contribution in [2.45, 2.75) is 56.3 Å². The van der Waals surface area contributed by atoms with Gasteiger partial charge >= 0.3 is 0 Å². The molecule has 0 aliphatic carbocycles. The Balaban J connectivity index is 1.20. The number of nitrogens with zero attached hydrogens (tertiary/aromatic N) is 4. The van der Waals surface area contributed by atoms with E-state index in [-0.39, 0.29) is 11.8 Å². The predicted octanol–water partition coefficient (Wildman–Crippen LogP) is 1.95. The topological polar surface area (TPSA) is 81.2 Å². The number of likely N-dealkylation sites (tertiary alicyclic amines) is 1. The molecule has 0 unspecified atom stereocenters. The summed E-state index contributed by atoms with van der Waals surface area (Å²) in [6, 6.07) is 6.99. The lowest BCUT2D eigenvalue weighted by Gasteiger charge is -2.36. The zero-order valence-corrected chi connectivity index (χ0v) is 21.0. The molecule has 9 heteroatoms. The molecule has 1 aromatic rings. The number of piperazine rings is 1. The quantitative estimate of drug-likeness (QED) is 0.584. The van der Waals surface area contributed by atoms with Crippen LogP contribution in [0.25, 0.3) is 0 Å². The van der Waals surface area contributed by atoms with E-state index in [1.54, 1.807) is 16.4 Å². The molecule has 3 saturated heterocycles. The minimum atomic E-state index is -3.42. The number of sulfonamides is 1. The second-order valence-corrected chi connectivity index (χ2v) is 11.6. The monoisotopic (exact) mass is 490 g/mol. The Kier molecular flexibility index (Phi) is 8.60. The molecule has 4 rings (SSSR count). The van der Waals surface area contributed by atoms with Crippen LogP contribution < -0.4 is 0 Å². The molecule has 8 nitrogen and oxygen atoms in total. The molecule has 0 bridgehead atoms. The van der Waals surface area contributed by atoms with E-state index in [0.717, 1.165) is 63.8 Å². The Labute approximate surface area is 203 Å². The van der Waals surface area contributed by atoms with Crippen molar-refractivity contribution >= 4 is 21.8 Å². The van der Waals surface area contributed by atoms with Crippen LogP contribution in [0.3, 0.4) is 0 Å². The first-order valence-electron chi connectivity index (χ1n) is 12.8. The number of benzene rings is 1. The lowest BCUT2D eigenvalue weighted by molar-refractivity contribution is -0.135. The van der Waals surface area contributed by atoms with Gasteiger partial charge in [0.15, 0.2) is 0 Å². The Hall–Kier alpha value is -1.97. The summed E-state index contributed by atoms with van der Waals surface area (Å²) in [5.74, 6) is 0.331. The van der Waals surface area contributed by atoms with Gasteiger partial charge in [-0.15, -0.1) is 0 Å². The van der Waals surface area contributed by atoms with E-state index in [1.165, 1.54) is 6.42 Å². The number of aryl methyl sites for hydroxylation is 1. The van der Waals surface area contributed by atoms with Gasteiger partial charge in [0.05, 0.1) is 11.4 Å². The second kappa shape index (κ2) is 11.6. The summed E-state index contributed by atoms with van der Waals surface area (Å²) in [4.78, 5) is 31.5. The number of hydrogen-bond acceptors (Lipinski definition) is 5. The Morgan fingerprint density at radius 1 is 0.676 bits per heavy atom. The van der Waals surface area contributed by atoms with Crippen LogP contribution in [0.1, 0.15) is 50.5 Å². The molecular weight excluding hydrogens is 452 g/mol. The van der Waals surface area contributed by atoms with Crippen LogP contribution in [0.4, 0.5) is 0 Å². The van der Waals surface area contributed by atoms with E-state index >= 15 is 0 Å². The van der Waals surface area contributed by atoms with Crippen molar-refractivity contribution in [3.05, 3.63) is 29.8 Å². The molecule has 2 amide bonds. The van der Waals surface area contributed by atoms with Gasteiger partial charge in [-0.2, -0.15) is 4.31 Å². The first kappa shape index (κ1) is 25.1. The van der Waals surface area contributed by atoms with Crippen LogP contribution in [0.15, 0.2) is 29.2 Å². The average Bonchev–Trinajstić information content (AvgIpc) is 2.89. The fraction of sp³-hybridized carbons (Fsp3) is 0.680.